The number of hydrogen-bond donors (Lipinski definition) is 1. The minimum atomic E-state index is -1.04. The number of aliphatic carboxylic acids is 1. The van der Waals surface area contributed by atoms with E-state index in [1.54, 1.807) is 4.90 Å². The van der Waals surface area contributed by atoms with Crippen molar-refractivity contribution >= 4 is 11.9 Å². The molecule has 1 N–H and O–H groups in total. The standard InChI is InChI=1S/C10H17NO3/c1-7(2)6-11(8-3-4-8)9(12)5-10(13)14/h7-8H,3-6H2,1-2H3,(H,13,14). The maximum Gasteiger partial charge on any atom is 0.312 e. The lowest BCUT2D eigenvalue weighted by molar-refractivity contribution is -0.144. The van der Waals surface area contributed by atoms with Crippen molar-refractivity contribution in [2.24, 2.45) is 5.92 Å². The Morgan fingerprint density at radius 1 is 1.43 bits per heavy atom. The second-order valence-electron chi connectivity index (χ2n) is 4.24. The Hall–Kier alpha value is -1.06. The molecule has 0 unspecified atom stereocenters. The summed E-state index contributed by atoms with van der Waals surface area (Å²) in [5.41, 5.74) is 0. The number of amides is 1. The van der Waals surface area contributed by atoms with E-state index < -0.39 is 5.97 Å². The lowest BCUT2D eigenvalue weighted by Crippen LogP contribution is -2.37. The maximum absolute atomic E-state index is 11.5. The molecule has 1 aliphatic rings. The van der Waals surface area contributed by atoms with Gasteiger partial charge < -0.3 is 10.0 Å². The van der Waals surface area contributed by atoms with E-state index in [1.807, 2.05) is 13.8 Å². The molecule has 1 saturated carbocycles. The quantitative estimate of drug-likeness (QED) is 0.675. The third-order valence-corrected chi connectivity index (χ3v) is 2.17. The number of carboxylic acid groups (broad SMARTS) is 1. The largest absolute Gasteiger partial charge is 0.481 e. The zero-order chi connectivity index (χ0) is 10.7. The monoisotopic (exact) mass is 199 g/mol. The summed E-state index contributed by atoms with van der Waals surface area (Å²) in [6, 6.07) is 0.309. The van der Waals surface area contributed by atoms with Crippen LogP contribution in [0.3, 0.4) is 0 Å². The molecule has 1 aliphatic carbocycles. The average molecular weight is 199 g/mol. The molecule has 1 fully saturated rings. The predicted octanol–water partition coefficient (Wildman–Crippen LogP) is 1.11. The summed E-state index contributed by atoms with van der Waals surface area (Å²) in [7, 11) is 0. The molecule has 0 atom stereocenters. The molecule has 14 heavy (non-hydrogen) atoms. The fourth-order valence-corrected chi connectivity index (χ4v) is 1.47. The molecule has 1 amide bonds. The molecule has 0 saturated heterocycles. The van der Waals surface area contributed by atoms with E-state index in [9.17, 15) is 9.59 Å². The van der Waals surface area contributed by atoms with Crippen LogP contribution < -0.4 is 0 Å². The smallest absolute Gasteiger partial charge is 0.312 e. The zero-order valence-electron chi connectivity index (χ0n) is 8.69. The maximum atomic E-state index is 11.5. The first-order chi connectivity index (χ1) is 6.50. The number of carbonyl (C=O) groups is 2. The summed E-state index contributed by atoms with van der Waals surface area (Å²) in [5, 5.41) is 8.52. The predicted molar refractivity (Wildman–Crippen MR) is 51.8 cm³/mol. The Morgan fingerprint density at radius 2 is 2.00 bits per heavy atom. The molecule has 0 aromatic rings. The van der Waals surface area contributed by atoms with Crippen LogP contribution >= 0.6 is 0 Å². The van der Waals surface area contributed by atoms with Gasteiger partial charge in [0, 0.05) is 12.6 Å². The number of hydrogen-bond acceptors (Lipinski definition) is 2. The Balaban J connectivity index is 2.48. The first-order valence-corrected chi connectivity index (χ1v) is 5.02. The highest BCUT2D eigenvalue weighted by Crippen LogP contribution is 2.28. The van der Waals surface area contributed by atoms with Crippen LogP contribution in [-0.4, -0.2) is 34.5 Å². The van der Waals surface area contributed by atoms with E-state index in [-0.39, 0.29) is 12.3 Å². The number of nitrogens with zero attached hydrogens (tertiary/aromatic N) is 1. The minimum absolute atomic E-state index is 0.242. The van der Waals surface area contributed by atoms with Crippen LogP contribution in [0.1, 0.15) is 33.1 Å². The second-order valence-corrected chi connectivity index (χ2v) is 4.24. The van der Waals surface area contributed by atoms with E-state index in [0.717, 1.165) is 12.8 Å². The molecule has 4 nitrogen and oxygen atoms in total. The van der Waals surface area contributed by atoms with Crippen molar-refractivity contribution < 1.29 is 14.7 Å². The molecule has 0 aliphatic heterocycles. The summed E-state index contributed by atoms with van der Waals surface area (Å²) in [6.07, 6.45) is 1.68. The molecule has 1 rings (SSSR count). The van der Waals surface area contributed by atoms with Crippen LogP contribution in [0.4, 0.5) is 0 Å². The molecule has 0 bridgehead atoms. The summed E-state index contributed by atoms with van der Waals surface area (Å²) < 4.78 is 0. The van der Waals surface area contributed by atoms with Gasteiger partial charge in [-0.2, -0.15) is 0 Å². The zero-order valence-corrected chi connectivity index (χ0v) is 8.69. The van der Waals surface area contributed by atoms with Crippen molar-refractivity contribution in [2.45, 2.75) is 39.2 Å². The molecule has 0 aromatic heterocycles. The highest BCUT2D eigenvalue weighted by Gasteiger charge is 2.33. The van der Waals surface area contributed by atoms with Crippen molar-refractivity contribution in [2.75, 3.05) is 6.54 Å². The minimum Gasteiger partial charge on any atom is -0.481 e. The van der Waals surface area contributed by atoms with Gasteiger partial charge in [-0.15, -0.1) is 0 Å². The average Bonchev–Trinajstić information content (AvgIpc) is 2.80. The second kappa shape index (κ2) is 4.44. The summed E-state index contributed by atoms with van der Waals surface area (Å²) in [6.45, 7) is 4.74. The Labute approximate surface area is 83.9 Å². The molecule has 4 heteroatoms. The molecule has 0 radical (unpaired) electrons. The Bertz CT molecular complexity index is 234. The van der Waals surface area contributed by atoms with E-state index >= 15 is 0 Å². The number of rotatable bonds is 5. The lowest BCUT2D eigenvalue weighted by Gasteiger charge is -2.23. The lowest BCUT2D eigenvalue weighted by atomic mass is 10.2. The van der Waals surface area contributed by atoms with Crippen LogP contribution in [0.2, 0.25) is 0 Å². The van der Waals surface area contributed by atoms with Crippen LogP contribution in [0.15, 0.2) is 0 Å². The van der Waals surface area contributed by atoms with Gasteiger partial charge in [0.05, 0.1) is 0 Å². The van der Waals surface area contributed by atoms with Gasteiger partial charge in [-0.05, 0) is 18.8 Å². The van der Waals surface area contributed by atoms with Gasteiger partial charge >= 0.3 is 5.97 Å². The third kappa shape index (κ3) is 3.36. The van der Waals surface area contributed by atoms with Gasteiger partial charge in [0.15, 0.2) is 0 Å². The molecule has 0 heterocycles. The molecular weight excluding hydrogens is 182 g/mol. The van der Waals surface area contributed by atoms with Crippen molar-refractivity contribution in [3.05, 3.63) is 0 Å². The molecule has 0 spiro atoms. The van der Waals surface area contributed by atoms with Gasteiger partial charge in [0.2, 0.25) is 5.91 Å². The molecule has 80 valence electrons. The van der Waals surface area contributed by atoms with E-state index in [1.165, 1.54) is 0 Å². The normalized spacial score (nSPS) is 15.6. The van der Waals surface area contributed by atoms with Gasteiger partial charge in [0.1, 0.15) is 6.42 Å². The van der Waals surface area contributed by atoms with E-state index in [2.05, 4.69) is 0 Å². The highest BCUT2D eigenvalue weighted by atomic mass is 16.4. The SMILES string of the molecule is CC(C)CN(C(=O)CC(=O)O)C1CC1. The van der Waals surface area contributed by atoms with Gasteiger partial charge in [0.25, 0.3) is 0 Å². The van der Waals surface area contributed by atoms with Crippen molar-refractivity contribution in [3.8, 4) is 0 Å². The van der Waals surface area contributed by atoms with Crippen molar-refractivity contribution in [1.29, 1.82) is 0 Å². The van der Waals surface area contributed by atoms with Crippen LogP contribution in [0.5, 0.6) is 0 Å². The number of carbonyl (C=O) groups excluding carboxylic acids is 1. The van der Waals surface area contributed by atoms with Crippen LogP contribution in [0, 0.1) is 5.92 Å². The molecule has 0 aromatic carbocycles. The first-order valence-electron chi connectivity index (χ1n) is 5.02. The van der Waals surface area contributed by atoms with Crippen molar-refractivity contribution in [1.82, 2.24) is 4.90 Å². The van der Waals surface area contributed by atoms with E-state index in [0.29, 0.717) is 18.5 Å². The summed E-state index contributed by atoms with van der Waals surface area (Å²) >= 11 is 0. The Morgan fingerprint density at radius 3 is 2.36 bits per heavy atom. The summed E-state index contributed by atoms with van der Waals surface area (Å²) in [4.78, 5) is 23.6. The molecular formula is C10H17NO3. The Kier molecular flexibility index (Phi) is 3.49. The number of carboxylic acids is 1. The van der Waals surface area contributed by atoms with E-state index in [4.69, 9.17) is 5.11 Å². The fourth-order valence-electron chi connectivity index (χ4n) is 1.47. The van der Waals surface area contributed by atoms with Gasteiger partial charge in [-0.1, -0.05) is 13.8 Å². The van der Waals surface area contributed by atoms with Crippen LogP contribution in [0.25, 0.3) is 0 Å². The van der Waals surface area contributed by atoms with Crippen LogP contribution in [-0.2, 0) is 9.59 Å². The highest BCUT2D eigenvalue weighted by molar-refractivity contribution is 5.93. The first kappa shape index (κ1) is 11.0. The van der Waals surface area contributed by atoms with Gasteiger partial charge in [-0.3, -0.25) is 9.59 Å². The topological polar surface area (TPSA) is 57.6 Å². The van der Waals surface area contributed by atoms with Gasteiger partial charge in [-0.25, -0.2) is 0 Å². The fraction of sp³-hybridized carbons (Fsp3) is 0.800. The third-order valence-electron chi connectivity index (χ3n) is 2.17. The summed E-state index contributed by atoms with van der Waals surface area (Å²) in [5.74, 6) is -0.883. The van der Waals surface area contributed by atoms with Crippen molar-refractivity contribution in [3.63, 3.8) is 0 Å².